The highest BCUT2D eigenvalue weighted by Crippen LogP contribution is 2.43. The van der Waals surface area contributed by atoms with Crippen molar-refractivity contribution in [1.29, 1.82) is 0 Å². The van der Waals surface area contributed by atoms with Gasteiger partial charge in [-0.3, -0.25) is 0 Å². The molecule has 5 nitrogen and oxygen atoms in total. The second-order valence-electron chi connectivity index (χ2n) is 3.73. The van der Waals surface area contributed by atoms with E-state index in [0.29, 0.717) is 18.8 Å². The maximum Gasteiger partial charge on any atom is 0.345 e. The van der Waals surface area contributed by atoms with Crippen LogP contribution in [0.1, 0.15) is 13.8 Å². The summed E-state index contributed by atoms with van der Waals surface area (Å²) in [7, 11) is 0. The Morgan fingerprint density at radius 1 is 1.35 bits per heavy atom. The lowest BCUT2D eigenvalue weighted by molar-refractivity contribution is -0.147. The van der Waals surface area contributed by atoms with Gasteiger partial charge in [0.15, 0.2) is 0 Å². The van der Waals surface area contributed by atoms with Gasteiger partial charge in [-0.25, -0.2) is 9.59 Å². The molecule has 1 saturated heterocycles. The minimum Gasteiger partial charge on any atom is -0.464 e. The van der Waals surface area contributed by atoms with Gasteiger partial charge in [-0.15, -0.1) is 0 Å². The average molecular weight is 238 g/mol. The molecule has 0 N–H and O–H groups in total. The average Bonchev–Trinajstić information content (AvgIpc) is 3.04. The van der Waals surface area contributed by atoms with Crippen molar-refractivity contribution in [3.05, 3.63) is 23.8 Å². The SMILES string of the molecule is CCOC(=O)C1=CC2OC2(C(=O)OCC)C=C1. The van der Waals surface area contributed by atoms with Crippen molar-refractivity contribution in [3.63, 3.8) is 0 Å². The van der Waals surface area contributed by atoms with Gasteiger partial charge in [-0.05, 0) is 32.1 Å². The molecule has 1 fully saturated rings. The third kappa shape index (κ3) is 1.98. The summed E-state index contributed by atoms with van der Waals surface area (Å²) in [5, 5.41) is 0. The van der Waals surface area contributed by atoms with Gasteiger partial charge in [-0.1, -0.05) is 0 Å². The van der Waals surface area contributed by atoms with Crippen LogP contribution in [0.3, 0.4) is 0 Å². The summed E-state index contributed by atoms with van der Waals surface area (Å²) in [5.74, 6) is -0.822. The van der Waals surface area contributed by atoms with Gasteiger partial charge in [0.1, 0.15) is 6.10 Å². The first-order valence-electron chi connectivity index (χ1n) is 5.57. The van der Waals surface area contributed by atoms with E-state index in [2.05, 4.69) is 0 Å². The Balaban J connectivity index is 2.05. The molecule has 92 valence electrons. The summed E-state index contributed by atoms with van der Waals surface area (Å²) in [6.07, 6.45) is 4.28. The quantitative estimate of drug-likeness (QED) is 0.534. The van der Waals surface area contributed by atoms with E-state index >= 15 is 0 Å². The largest absolute Gasteiger partial charge is 0.464 e. The molecule has 5 heteroatoms. The van der Waals surface area contributed by atoms with Crippen molar-refractivity contribution in [2.75, 3.05) is 13.2 Å². The van der Waals surface area contributed by atoms with Crippen LogP contribution in [0, 0.1) is 0 Å². The number of fused-ring (bicyclic) bond motifs is 1. The fourth-order valence-electron chi connectivity index (χ4n) is 1.73. The predicted molar refractivity (Wildman–Crippen MR) is 58.1 cm³/mol. The molecule has 0 bridgehead atoms. The summed E-state index contributed by atoms with van der Waals surface area (Å²) in [6, 6.07) is 0. The Labute approximate surface area is 99.0 Å². The second kappa shape index (κ2) is 4.33. The van der Waals surface area contributed by atoms with Crippen LogP contribution in [0.25, 0.3) is 0 Å². The highest BCUT2D eigenvalue weighted by molar-refractivity contribution is 5.95. The van der Waals surface area contributed by atoms with Crippen molar-refractivity contribution < 1.29 is 23.8 Å². The zero-order valence-electron chi connectivity index (χ0n) is 9.76. The lowest BCUT2D eigenvalue weighted by atomic mass is 9.97. The zero-order chi connectivity index (χ0) is 12.5. The van der Waals surface area contributed by atoms with Crippen LogP contribution < -0.4 is 0 Å². The highest BCUT2D eigenvalue weighted by atomic mass is 16.7. The molecule has 2 atom stereocenters. The molecule has 1 aliphatic carbocycles. The molecule has 0 aromatic carbocycles. The number of hydrogen-bond donors (Lipinski definition) is 0. The van der Waals surface area contributed by atoms with Crippen molar-refractivity contribution in [2.45, 2.75) is 25.6 Å². The number of carbonyl (C=O) groups excluding carboxylic acids is 2. The maximum atomic E-state index is 11.6. The summed E-state index contributed by atoms with van der Waals surface area (Å²) < 4.78 is 15.1. The molecule has 2 rings (SSSR count). The molecule has 1 heterocycles. The minimum absolute atomic E-state index is 0.305. The first-order valence-corrected chi connectivity index (χ1v) is 5.57. The van der Waals surface area contributed by atoms with Gasteiger partial charge < -0.3 is 14.2 Å². The molecular formula is C12H14O5. The Morgan fingerprint density at radius 3 is 2.65 bits per heavy atom. The number of hydrogen-bond acceptors (Lipinski definition) is 5. The molecule has 17 heavy (non-hydrogen) atoms. The molecule has 0 aromatic rings. The Morgan fingerprint density at radius 2 is 2.06 bits per heavy atom. The lowest BCUT2D eigenvalue weighted by Crippen LogP contribution is -2.29. The standard InChI is InChI=1S/C12H14O5/c1-3-15-10(13)8-5-6-12(9(7-8)17-12)11(14)16-4-2/h5-7,9H,3-4H2,1-2H3. The first-order chi connectivity index (χ1) is 8.14. The van der Waals surface area contributed by atoms with Crippen LogP contribution in [-0.2, 0) is 23.8 Å². The molecule has 0 spiro atoms. The number of rotatable bonds is 4. The van der Waals surface area contributed by atoms with Gasteiger partial charge in [0.05, 0.1) is 18.8 Å². The highest BCUT2D eigenvalue weighted by Gasteiger charge is 2.62. The summed E-state index contributed by atoms with van der Waals surface area (Å²) in [6.45, 7) is 4.09. The van der Waals surface area contributed by atoms with Gasteiger partial charge in [0.2, 0.25) is 5.60 Å². The van der Waals surface area contributed by atoms with Gasteiger partial charge >= 0.3 is 11.9 Å². The van der Waals surface area contributed by atoms with Crippen LogP contribution in [0.2, 0.25) is 0 Å². The van der Waals surface area contributed by atoms with E-state index < -0.39 is 23.6 Å². The third-order valence-electron chi connectivity index (χ3n) is 2.63. The van der Waals surface area contributed by atoms with Crippen LogP contribution in [-0.4, -0.2) is 36.9 Å². The molecule has 0 amide bonds. The maximum absolute atomic E-state index is 11.6. The van der Waals surface area contributed by atoms with E-state index in [9.17, 15) is 9.59 Å². The molecule has 2 unspecified atom stereocenters. The van der Waals surface area contributed by atoms with E-state index in [0.717, 1.165) is 0 Å². The smallest absolute Gasteiger partial charge is 0.345 e. The second-order valence-corrected chi connectivity index (χ2v) is 3.73. The van der Waals surface area contributed by atoms with Crippen molar-refractivity contribution >= 4 is 11.9 Å². The number of epoxide rings is 1. The van der Waals surface area contributed by atoms with E-state index in [-0.39, 0.29) is 0 Å². The van der Waals surface area contributed by atoms with Crippen LogP contribution in [0.15, 0.2) is 23.8 Å². The van der Waals surface area contributed by atoms with Crippen molar-refractivity contribution in [1.82, 2.24) is 0 Å². The topological polar surface area (TPSA) is 65.1 Å². The molecule has 0 radical (unpaired) electrons. The zero-order valence-corrected chi connectivity index (χ0v) is 9.76. The van der Waals surface area contributed by atoms with Gasteiger partial charge in [0, 0.05) is 0 Å². The fraction of sp³-hybridized carbons (Fsp3) is 0.500. The monoisotopic (exact) mass is 238 g/mol. The molecule has 1 aliphatic heterocycles. The van der Waals surface area contributed by atoms with E-state index in [4.69, 9.17) is 14.2 Å². The van der Waals surface area contributed by atoms with Crippen LogP contribution in [0.4, 0.5) is 0 Å². The molecular weight excluding hydrogens is 224 g/mol. The lowest BCUT2D eigenvalue weighted by Gasteiger charge is -2.10. The fourth-order valence-corrected chi connectivity index (χ4v) is 1.73. The Kier molecular flexibility index (Phi) is 3.02. The summed E-state index contributed by atoms with van der Waals surface area (Å²) in [5.41, 5.74) is -0.597. The normalized spacial score (nSPS) is 29.1. The van der Waals surface area contributed by atoms with E-state index in [1.54, 1.807) is 32.1 Å². The van der Waals surface area contributed by atoms with Crippen molar-refractivity contribution in [3.8, 4) is 0 Å². The van der Waals surface area contributed by atoms with Crippen LogP contribution in [0.5, 0.6) is 0 Å². The molecule has 0 aromatic heterocycles. The van der Waals surface area contributed by atoms with Gasteiger partial charge in [-0.2, -0.15) is 0 Å². The molecule has 2 aliphatic rings. The third-order valence-corrected chi connectivity index (χ3v) is 2.63. The summed E-state index contributed by atoms with van der Waals surface area (Å²) >= 11 is 0. The van der Waals surface area contributed by atoms with E-state index in [1.807, 2.05) is 0 Å². The van der Waals surface area contributed by atoms with Crippen molar-refractivity contribution in [2.24, 2.45) is 0 Å². The first kappa shape index (κ1) is 11.9. The molecule has 0 saturated carbocycles. The Hall–Kier alpha value is -1.62. The number of ether oxygens (including phenoxy) is 3. The minimum atomic E-state index is -1.01. The summed E-state index contributed by atoms with van der Waals surface area (Å²) in [4.78, 5) is 23.1. The van der Waals surface area contributed by atoms with Gasteiger partial charge in [0.25, 0.3) is 0 Å². The Bertz CT molecular complexity index is 409. The number of esters is 2. The number of carbonyl (C=O) groups is 2. The van der Waals surface area contributed by atoms with E-state index in [1.165, 1.54) is 0 Å². The predicted octanol–water partition coefficient (Wildman–Crippen LogP) is 0.746. The van der Waals surface area contributed by atoms with Crippen LogP contribution >= 0.6 is 0 Å².